The summed E-state index contributed by atoms with van der Waals surface area (Å²) >= 11 is 0. The van der Waals surface area contributed by atoms with Crippen molar-refractivity contribution in [3.63, 3.8) is 0 Å². The van der Waals surface area contributed by atoms with Crippen LogP contribution in [-0.4, -0.2) is 82.3 Å². The van der Waals surface area contributed by atoms with E-state index in [1.54, 1.807) is 31.4 Å². The summed E-state index contributed by atoms with van der Waals surface area (Å²) in [6, 6.07) is 15.6. The molecule has 0 saturated heterocycles. The van der Waals surface area contributed by atoms with Gasteiger partial charge in [0.15, 0.2) is 5.75 Å². The molecule has 0 heterocycles. The smallest absolute Gasteiger partial charge is 0.313 e. The van der Waals surface area contributed by atoms with Crippen LogP contribution in [0.4, 0.5) is 39.8 Å². The van der Waals surface area contributed by atoms with Crippen LogP contribution in [-0.2, 0) is 71.2 Å². The molecule has 4 rings (SSSR count). The predicted octanol–water partition coefficient (Wildman–Crippen LogP) is 9.91. The van der Waals surface area contributed by atoms with Crippen molar-refractivity contribution in [1.82, 2.24) is 0 Å². The second kappa shape index (κ2) is 28.5. The number of hydrogen-bond donors (Lipinski definition) is 5. The van der Waals surface area contributed by atoms with Crippen molar-refractivity contribution >= 4 is 79.6 Å². The summed E-state index contributed by atoms with van der Waals surface area (Å²) in [5, 5.41) is 22.0. The quantitative estimate of drug-likeness (QED) is 0.0246. The maximum absolute atomic E-state index is 11.4. The van der Waals surface area contributed by atoms with Crippen molar-refractivity contribution in [2.75, 3.05) is 73.9 Å². The first kappa shape index (κ1) is 72.9. The SMILES string of the molecule is COc1c(N)cc(C(C)(C)C)cc1NS(C)(=O)=O.COc1c(N)cc(C(C)(C)C)cc1[N+](=O)[O-].COc1c(NS(C)(=O)=O)cc(C(C)(C)C)cc1[N+](=O)[O-].COc1ccc(C(C)(C)C)cc1N.CS(=O)(=O)Cl.[CH3-].[Pd]. The fourth-order valence-corrected chi connectivity index (χ4v) is 6.99. The second-order valence-corrected chi connectivity index (χ2v) is 26.8. The molecule has 4 aromatic carbocycles. The topological polar surface area (TPSA) is 328 Å². The number of nitrogens with zero attached hydrogens (tertiary/aromatic N) is 2. The molecule has 0 saturated carbocycles. The fourth-order valence-electron chi connectivity index (χ4n) is 5.89. The summed E-state index contributed by atoms with van der Waals surface area (Å²) in [5.74, 6) is 1.10. The number of halogens is 1. The molecule has 0 atom stereocenters. The number of hydrogen-bond acceptors (Lipinski definition) is 17. The summed E-state index contributed by atoms with van der Waals surface area (Å²) in [6.07, 6.45) is 2.99. The Morgan fingerprint density at radius 2 is 0.770 bits per heavy atom. The number of methoxy groups -OCH3 is 4. The largest absolute Gasteiger partial charge is 0.495 e. The molecule has 0 aromatic heterocycles. The monoisotopic (exact) mass is 1210 g/mol. The number of ether oxygens (including phenoxy) is 4. The van der Waals surface area contributed by atoms with Gasteiger partial charge < -0.3 is 43.6 Å². The van der Waals surface area contributed by atoms with E-state index in [1.807, 2.05) is 74.4 Å². The van der Waals surface area contributed by atoms with Crippen LogP contribution < -0.4 is 45.6 Å². The maximum atomic E-state index is 11.4. The van der Waals surface area contributed by atoms with Crippen LogP contribution in [0, 0.1) is 27.7 Å². The Kier molecular flexibility index (Phi) is 28.1. The van der Waals surface area contributed by atoms with Gasteiger partial charge in [-0.15, -0.1) is 0 Å². The molecule has 0 radical (unpaired) electrons. The first-order valence-electron chi connectivity index (χ1n) is 21.5. The molecule has 4 aromatic rings. The van der Waals surface area contributed by atoms with Gasteiger partial charge in [-0.2, -0.15) is 0 Å². The summed E-state index contributed by atoms with van der Waals surface area (Å²) in [4.78, 5) is 20.9. The number of nitrogens with two attached hydrogens (primary N) is 3. The minimum atomic E-state index is -3.57. The predicted molar refractivity (Wildman–Crippen MR) is 297 cm³/mol. The zero-order valence-electron chi connectivity index (χ0n) is 46.0. The van der Waals surface area contributed by atoms with Gasteiger partial charge in [0.25, 0.3) is 0 Å². The van der Waals surface area contributed by atoms with Crippen molar-refractivity contribution in [1.29, 1.82) is 0 Å². The summed E-state index contributed by atoms with van der Waals surface area (Å²) in [5.41, 5.74) is 22.0. The molecule has 0 spiro atoms. The second-order valence-electron chi connectivity index (χ2n) is 20.2. The average Bonchev–Trinajstić information content (AvgIpc) is 3.17. The van der Waals surface area contributed by atoms with E-state index < -0.39 is 38.9 Å². The van der Waals surface area contributed by atoms with Crippen molar-refractivity contribution in [3.8, 4) is 23.0 Å². The Morgan fingerprint density at radius 1 is 0.486 bits per heavy atom. The number of nitrogens with one attached hydrogen (secondary N) is 2. The van der Waals surface area contributed by atoms with E-state index >= 15 is 0 Å². The molecular weight excluding hydrogens is 1140 g/mol. The van der Waals surface area contributed by atoms with Gasteiger partial charge in [-0.1, -0.05) is 89.2 Å². The molecule has 74 heavy (non-hydrogen) atoms. The summed E-state index contributed by atoms with van der Waals surface area (Å²) in [6.45, 7) is 24.1. The fraction of sp³-hybridized carbons (Fsp3) is 0.479. The third-order valence-electron chi connectivity index (χ3n) is 9.58. The van der Waals surface area contributed by atoms with Gasteiger partial charge in [0.1, 0.15) is 5.75 Å². The number of nitro benzene ring substituents is 2. The zero-order valence-corrected chi connectivity index (χ0v) is 50.7. The maximum Gasteiger partial charge on any atom is 0.313 e. The van der Waals surface area contributed by atoms with E-state index in [4.69, 9.17) is 36.1 Å². The van der Waals surface area contributed by atoms with E-state index in [9.17, 15) is 45.5 Å². The van der Waals surface area contributed by atoms with Gasteiger partial charge in [-0.05, 0) is 80.3 Å². The van der Waals surface area contributed by atoms with Crippen LogP contribution in [0.1, 0.15) is 105 Å². The molecule has 0 amide bonds. The van der Waals surface area contributed by atoms with E-state index in [0.29, 0.717) is 34.1 Å². The number of anilines is 5. The Bertz CT molecular complexity index is 2870. The van der Waals surface area contributed by atoms with Crippen molar-refractivity contribution in [2.45, 2.75) is 105 Å². The molecule has 0 fully saturated rings. The van der Waals surface area contributed by atoms with Crippen LogP contribution in [0.5, 0.6) is 23.0 Å². The van der Waals surface area contributed by atoms with Crippen molar-refractivity contribution in [3.05, 3.63) is 105 Å². The first-order valence-corrected chi connectivity index (χ1v) is 28.0. The zero-order chi connectivity index (χ0) is 56.9. The third-order valence-corrected chi connectivity index (χ3v) is 10.8. The van der Waals surface area contributed by atoms with E-state index in [0.717, 1.165) is 35.6 Å². The number of sulfonamides is 2. The van der Waals surface area contributed by atoms with Crippen LogP contribution in [0.25, 0.3) is 0 Å². The van der Waals surface area contributed by atoms with Crippen LogP contribution in [0.15, 0.2) is 54.6 Å². The molecule has 0 unspecified atom stereocenters. The number of nitro groups is 2. The molecule has 21 nitrogen and oxygen atoms in total. The summed E-state index contributed by atoms with van der Waals surface area (Å²) in [7, 11) is 0.0752. The van der Waals surface area contributed by atoms with Gasteiger partial charge in [0, 0.05) is 43.2 Å². The third kappa shape index (κ3) is 25.8. The molecular formula is C48H77ClN7O14PdS3-. The Labute approximate surface area is 457 Å². The molecule has 0 aliphatic heterocycles. The van der Waals surface area contributed by atoms with Gasteiger partial charge >= 0.3 is 11.4 Å². The van der Waals surface area contributed by atoms with E-state index in [1.165, 1.54) is 39.0 Å². The van der Waals surface area contributed by atoms with Crippen molar-refractivity contribution in [2.24, 2.45) is 0 Å². The molecule has 0 bridgehead atoms. The van der Waals surface area contributed by atoms with E-state index in [-0.39, 0.29) is 78.1 Å². The van der Waals surface area contributed by atoms with Gasteiger partial charge in [-0.3, -0.25) is 29.7 Å². The van der Waals surface area contributed by atoms with Gasteiger partial charge in [-0.25, -0.2) is 25.3 Å². The molecule has 8 N–H and O–H groups in total. The first-order chi connectivity index (χ1) is 32.2. The van der Waals surface area contributed by atoms with Gasteiger partial charge in [0.2, 0.25) is 40.6 Å². The summed E-state index contributed by atoms with van der Waals surface area (Å²) < 4.78 is 89.0. The van der Waals surface area contributed by atoms with Crippen molar-refractivity contribution < 1.29 is 74.5 Å². The number of nitrogen functional groups attached to an aromatic ring is 3. The normalized spacial score (nSPS) is 11.5. The molecule has 0 aliphatic carbocycles. The number of benzene rings is 4. The average molecular weight is 1210 g/mol. The van der Waals surface area contributed by atoms with E-state index in [2.05, 4.69) is 47.0 Å². The molecule has 424 valence electrons. The van der Waals surface area contributed by atoms with Crippen LogP contribution in [0.3, 0.4) is 0 Å². The molecule has 0 aliphatic rings. The van der Waals surface area contributed by atoms with Crippen LogP contribution in [0.2, 0.25) is 0 Å². The standard InChI is InChI=1S/C12H18N2O5S.C12H20N2O3S.C11H16N2O3.C11H17NO.CH3ClO2S.CH3.Pd/c1-12(2,3)8-6-9(13-20(5,17)18)11(19-4)10(7-8)14(15)16;1-12(2,3)8-6-9(13)11(17-4)10(7-8)14-18(5,15)16;1-11(2,3)7-5-8(12)10(16-4)9(6-7)13(14)15;1-11(2,3)8-5-6-10(13-4)9(12)7-8;1-5(2,3)4;;/h6-7,13H,1-5H3;6-7,14H,13H2,1-5H3;5-6H,12H2,1-4H3;5-7H,12H2,1-4H3;1H3;1H3;/q;;;;;-1;. The number of rotatable bonds is 10. The van der Waals surface area contributed by atoms with Gasteiger partial charge in [0.05, 0.1) is 85.5 Å². The molecule has 26 heteroatoms. The van der Waals surface area contributed by atoms with Crippen LogP contribution >= 0.6 is 10.7 Å². The minimum Gasteiger partial charge on any atom is -0.495 e. The Balaban J connectivity index is -0.000000880. The Hall–Kier alpha value is -5.32. The minimum absolute atomic E-state index is 0. The Morgan fingerprint density at radius 3 is 1.05 bits per heavy atom.